The van der Waals surface area contributed by atoms with Crippen LogP contribution < -0.4 is 0 Å². The van der Waals surface area contributed by atoms with E-state index in [0.29, 0.717) is 0 Å². The molecule has 0 aliphatic carbocycles. The number of allylic oxidation sites excluding steroid dienone is 1. The van der Waals surface area contributed by atoms with Gasteiger partial charge in [0.2, 0.25) is 0 Å². The summed E-state index contributed by atoms with van der Waals surface area (Å²) < 4.78 is 0. The number of hydrogen-bond donors (Lipinski definition) is 0. The van der Waals surface area contributed by atoms with Crippen LogP contribution in [0.4, 0.5) is 0 Å². The van der Waals surface area contributed by atoms with E-state index in [0.717, 1.165) is 5.92 Å². The highest BCUT2D eigenvalue weighted by molar-refractivity contribution is 5.49. The second-order valence-electron chi connectivity index (χ2n) is 3.84. The van der Waals surface area contributed by atoms with E-state index in [9.17, 15) is 0 Å². The Morgan fingerprint density at radius 2 is 2.08 bits per heavy atom. The van der Waals surface area contributed by atoms with Crippen LogP contribution in [0.15, 0.2) is 30.3 Å². The van der Waals surface area contributed by atoms with Gasteiger partial charge in [-0.15, -0.1) is 0 Å². The first-order chi connectivity index (χ1) is 6.22. The molecule has 0 saturated heterocycles. The summed E-state index contributed by atoms with van der Waals surface area (Å²) in [5.74, 6) is 0.737. The Hall–Kier alpha value is -1.04. The Balaban J connectivity index is 2.79. The molecule has 0 saturated carbocycles. The largest absolute Gasteiger partial charge is 0.0871 e. The van der Waals surface area contributed by atoms with Gasteiger partial charge in [0.1, 0.15) is 0 Å². The van der Waals surface area contributed by atoms with Gasteiger partial charge in [0.05, 0.1) is 0 Å². The topological polar surface area (TPSA) is 0 Å². The van der Waals surface area contributed by atoms with Crippen molar-refractivity contribution in [2.24, 2.45) is 5.92 Å². The SMILES string of the molecule is CC=Cc1cccc(CC(C)C)c1. The predicted molar refractivity (Wildman–Crippen MR) is 59.7 cm³/mol. The summed E-state index contributed by atoms with van der Waals surface area (Å²) in [6.45, 7) is 6.56. The molecule has 0 bridgehead atoms. The van der Waals surface area contributed by atoms with Crippen LogP contribution in [0.1, 0.15) is 31.9 Å². The van der Waals surface area contributed by atoms with Crippen LogP contribution in [-0.2, 0) is 6.42 Å². The van der Waals surface area contributed by atoms with Crippen molar-refractivity contribution >= 4 is 6.08 Å². The molecule has 1 aromatic carbocycles. The maximum Gasteiger partial charge on any atom is -0.0255 e. The molecule has 0 heteroatoms. The summed E-state index contributed by atoms with van der Waals surface area (Å²) in [4.78, 5) is 0. The fourth-order valence-corrected chi connectivity index (χ4v) is 1.49. The van der Waals surface area contributed by atoms with Gasteiger partial charge in [0.15, 0.2) is 0 Å². The molecule has 0 N–H and O–H groups in total. The van der Waals surface area contributed by atoms with E-state index >= 15 is 0 Å². The number of benzene rings is 1. The van der Waals surface area contributed by atoms with Crippen LogP contribution in [-0.4, -0.2) is 0 Å². The monoisotopic (exact) mass is 174 g/mol. The van der Waals surface area contributed by atoms with E-state index in [4.69, 9.17) is 0 Å². The first kappa shape index (κ1) is 10.0. The molecule has 70 valence electrons. The van der Waals surface area contributed by atoms with Gasteiger partial charge in [-0.2, -0.15) is 0 Å². The molecule has 0 aliphatic heterocycles. The molecule has 0 radical (unpaired) electrons. The predicted octanol–water partition coefficient (Wildman–Crippen LogP) is 3.92. The summed E-state index contributed by atoms with van der Waals surface area (Å²) in [6.07, 6.45) is 5.39. The molecule has 1 rings (SSSR count). The van der Waals surface area contributed by atoms with Gasteiger partial charge in [0, 0.05) is 0 Å². The molecule has 0 aliphatic rings. The minimum Gasteiger partial charge on any atom is -0.0871 e. The highest BCUT2D eigenvalue weighted by atomic mass is 14.0. The fourth-order valence-electron chi connectivity index (χ4n) is 1.49. The molecule has 1 aromatic rings. The van der Waals surface area contributed by atoms with Gasteiger partial charge in [0.25, 0.3) is 0 Å². The van der Waals surface area contributed by atoms with Crippen LogP contribution >= 0.6 is 0 Å². The Bertz CT molecular complexity index is 282. The van der Waals surface area contributed by atoms with Gasteiger partial charge in [-0.05, 0) is 30.4 Å². The lowest BCUT2D eigenvalue weighted by Crippen LogP contribution is -1.93. The lowest BCUT2D eigenvalue weighted by Gasteiger charge is -2.05. The fraction of sp³-hybridized carbons (Fsp3) is 0.385. The maximum atomic E-state index is 2.26. The molecule has 0 unspecified atom stereocenters. The smallest absolute Gasteiger partial charge is 0.0255 e. The molecule has 13 heavy (non-hydrogen) atoms. The second kappa shape index (κ2) is 4.86. The zero-order chi connectivity index (χ0) is 9.68. The lowest BCUT2D eigenvalue weighted by atomic mass is 10.0. The summed E-state index contributed by atoms with van der Waals surface area (Å²) in [7, 11) is 0. The van der Waals surface area contributed by atoms with Gasteiger partial charge in [-0.3, -0.25) is 0 Å². The van der Waals surface area contributed by atoms with Gasteiger partial charge in [-0.25, -0.2) is 0 Å². The molecule has 0 amide bonds. The van der Waals surface area contributed by atoms with E-state index < -0.39 is 0 Å². The third kappa shape index (κ3) is 3.45. The molecule has 0 fully saturated rings. The average Bonchev–Trinajstić information content (AvgIpc) is 2.04. The van der Waals surface area contributed by atoms with E-state index in [1.54, 1.807) is 0 Å². The summed E-state index contributed by atoms with van der Waals surface area (Å²) >= 11 is 0. The molecule has 0 aromatic heterocycles. The van der Waals surface area contributed by atoms with Crippen molar-refractivity contribution < 1.29 is 0 Å². The quantitative estimate of drug-likeness (QED) is 0.651. The third-order valence-corrected chi connectivity index (χ3v) is 1.95. The maximum absolute atomic E-state index is 2.26. The van der Waals surface area contributed by atoms with Crippen molar-refractivity contribution in [1.29, 1.82) is 0 Å². The van der Waals surface area contributed by atoms with Crippen LogP contribution in [0.2, 0.25) is 0 Å². The molecular formula is C13H18. The molecule has 0 nitrogen and oxygen atoms in total. The number of rotatable bonds is 3. The zero-order valence-corrected chi connectivity index (χ0v) is 8.75. The van der Waals surface area contributed by atoms with Gasteiger partial charge < -0.3 is 0 Å². The second-order valence-corrected chi connectivity index (χ2v) is 3.84. The summed E-state index contributed by atoms with van der Waals surface area (Å²) in [6, 6.07) is 8.74. The van der Waals surface area contributed by atoms with Crippen LogP contribution in [0.5, 0.6) is 0 Å². The summed E-state index contributed by atoms with van der Waals surface area (Å²) in [5, 5.41) is 0. The molecule has 0 spiro atoms. The van der Waals surface area contributed by atoms with E-state index in [-0.39, 0.29) is 0 Å². The number of hydrogen-bond acceptors (Lipinski definition) is 0. The zero-order valence-electron chi connectivity index (χ0n) is 8.75. The van der Waals surface area contributed by atoms with Gasteiger partial charge >= 0.3 is 0 Å². The minimum atomic E-state index is 0.737. The standard InChI is InChI=1S/C13H18/c1-4-6-12-7-5-8-13(10-12)9-11(2)3/h4-8,10-11H,9H2,1-3H3. The first-order valence-electron chi connectivity index (χ1n) is 4.94. The van der Waals surface area contributed by atoms with Crippen molar-refractivity contribution in [2.45, 2.75) is 27.2 Å². The Morgan fingerprint density at radius 1 is 1.31 bits per heavy atom. The third-order valence-electron chi connectivity index (χ3n) is 1.95. The average molecular weight is 174 g/mol. The van der Waals surface area contributed by atoms with E-state index in [2.05, 4.69) is 57.2 Å². The van der Waals surface area contributed by atoms with Crippen molar-refractivity contribution in [3.63, 3.8) is 0 Å². The van der Waals surface area contributed by atoms with E-state index in [1.807, 2.05) is 0 Å². The van der Waals surface area contributed by atoms with Crippen molar-refractivity contribution in [3.8, 4) is 0 Å². The lowest BCUT2D eigenvalue weighted by molar-refractivity contribution is 0.647. The van der Waals surface area contributed by atoms with Crippen LogP contribution in [0.3, 0.4) is 0 Å². The van der Waals surface area contributed by atoms with Crippen molar-refractivity contribution in [1.82, 2.24) is 0 Å². The minimum absolute atomic E-state index is 0.737. The normalized spacial score (nSPS) is 11.4. The highest BCUT2D eigenvalue weighted by Crippen LogP contribution is 2.11. The Morgan fingerprint density at radius 3 is 2.69 bits per heavy atom. The Labute approximate surface area is 81.3 Å². The van der Waals surface area contributed by atoms with Crippen molar-refractivity contribution in [3.05, 3.63) is 41.5 Å². The van der Waals surface area contributed by atoms with E-state index in [1.165, 1.54) is 17.5 Å². The summed E-state index contributed by atoms with van der Waals surface area (Å²) in [5.41, 5.74) is 2.74. The molecule has 0 atom stereocenters. The van der Waals surface area contributed by atoms with Gasteiger partial charge in [-0.1, -0.05) is 50.3 Å². The molecule has 0 heterocycles. The first-order valence-corrected chi connectivity index (χ1v) is 4.94. The highest BCUT2D eigenvalue weighted by Gasteiger charge is 1.97. The molecular weight excluding hydrogens is 156 g/mol. The van der Waals surface area contributed by atoms with Crippen LogP contribution in [0.25, 0.3) is 6.08 Å². The van der Waals surface area contributed by atoms with Crippen LogP contribution in [0, 0.1) is 5.92 Å². The van der Waals surface area contributed by atoms with Crippen molar-refractivity contribution in [2.75, 3.05) is 0 Å². The Kier molecular flexibility index (Phi) is 3.75.